The number of amides is 1. The lowest BCUT2D eigenvalue weighted by Gasteiger charge is -2.04. The van der Waals surface area contributed by atoms with Gasteiger partial charge in [0.15, 0.2) is 0 Å². The van der Waals surface area contributed by atoms with Crippen LogP contribution in [0.15, 0.2) is 43.0 Å². The lowest BCUT2D eigenvalue weighted by Crippen LogP contribution is -2.27. The van der Waals surface area contributed by atoms with Crippen LogP contribution in [0, 0.1) is 0 Å². The Hall–Kier alpha value is -1.61. The molecule has 0 aromatic heterocycles. The first-order chi connectivity index (χ1) is 7.33. The highest BCUT2D eigenvalue weighted by Crippen LogP contribution is 1.99. The van der Waals surface area contributed by atoms with Gasteiger partial charge in [0.05, 0.1) is 6.61 Å². The van der Waals surface area contributed by atoms with Crippen LogP contribution in [0.4, 0.5) is 0 Å². The van der Waals surface area contributed by atoms with Crippen molar-refractivity contribution in [2.45, 2.75) is 6.61 Å². The Morgan fingerprint density at radius 1 is 1.40 bits per heavy atom. The Morgan fingerprint density at radius 3 is 2.80 bits per heavy atom. The molecule has 0 bridgehead atoms. The first kappa shape index (κ1) is 11.5. The van der Waals surface area contributed by atoms with Gasteiger partial charge in [-0.15, -0.1) is 6.58 Å². The molecule has 1 aromatic carbocycles. The zero-order chi connectivity index (χ0) is 10.9. The van der Waals surface area contributed by atoms with E-state index >= 15 is 0 Å². The van der Waals surface area contributed by atoms with Crippen molar-refractivity contribution in [1.29, 1.82) is 0 Å². The zero-order valence-corrected chi connectivity index (χ0v) is 8.61. The van der Waals surface area contributed by atoms with Gasteiger partial charge in [0.1, 0.15) is 6.61 Å². The fourth-order valence-electron chi connectivity index (χ4n) is 1.07. The van der Waals surface area contributed by atoms with Gasteiger partial charge in [0, 0.05) is 6.54 Å². The van der Waals surface area contributed by atoms with Gasteiger partial charge >= 0.3 is 0 Å². The lowest BCUT2D eigenvalue weighted by molar-refractivity contribution is -0.125. The Kier molecular flexibility index (Phi) is 5.19. The summed E-state index contributed by atoms with van der Waals surface area (Å²) in [7, 11) is 0. The Balaban J connectivity index is 2.16. The van der Waals surface area contributed by atoms with Crippen LogP contribution in [-0.4, -0.2) is 19.1 Å². The van der Waals surface area contributed by atoms with E-state index in [2.05, 4.69) is 11.9 Å². The van der Waals surface area contributed by atoms with E-state index in [4.69, 9.17) is 4.74 Å². The van der Waals surface area contributed by atoms with Crippen molar-refractivity contribution in [3.05, 3.63) is 48.6 Å². The second-order valence-electron chi connectivity index (χ2n) is 3.07. The standard InChI is InChI=1S/C12H15NO2/c1-2-8-13-12(14)10-15-9-11-6-4-3-5-7-11/h2-7H,1,8-10H2,(H,13,14). The van der Waals surface area contributed by atoms with Crippen LogP contribution >= 0.6 is 0 Å². The number of nitrogens with one attached hydrogen (secondary N) is 1. The molecule has 3 nitrogen and oxygen atoms in total. The minimum Gasteiger partial charge on any atom is -0.367 e. The molecule has 0 saturated carbocycles. The minimum atomic E-state index is -0.120. The molecule has 0 saturated heterocycles. The number of hydrogen-bond acceptors (Lipinski definition) is 2. The van der Waals surface area contributed by atoms with Crippen molar-refractivity contribution in [3.8, 4) is 0 Å². The number of rotatable bonds is 6. The summed E-state index contributed by atoms with van der Waals surface area (Å²) >= 11 is 0. The highest BCUT2D eigenvalue weighted by Gasteiger charge is 1.99. The Labute approximate surface area is 89.8 Å². The van der Waals surface area contributed by atoms with Crippen LogP contribution < -0.4 is 5.32 Å². The van der Waals surface area contributed by atoms with Gasteiger partial charge in [0.2, 0.25) is 5.91 Å². The average molecular weight is 205 g/mol. The molecule has 0 atom stereocenters. The second-order valence-corrected chi connectivity index (χ2v) is 3.07. The first-order valence-electron chi connectivity index (χ1n) is 4.82. The van der Waals surface area contributed by atoms with Gasteiger partial charge in [-0.2, -0.15) is 0 Å². The molecule has 0 aliphatic carbocycles. The maximum atomic E-state index is 11.1. The van der Waals surface area contributed by atoms with Crippen LogP contribution in [0.3, 0.4) is 0 Å². The molecular weight excluding hydrogens is 190 g/mol. The van der Waals surface area contributed by atoms with Gasteiger partial charge in [-0.25, -0.2) is 0 Å². The molecule has 15 heavy (non-hydrogen) atoms. The highest BCUT2D eigenvalue weighted by molar-refractivity contribution is 5.77. The summed E-state index contributed by atoms with van der Waals surface area (Å²) in [5, 5.41) is 2.64. The lowest BCUT2D eigenvalue weighted by atomic mass is 10.2. The summed E-state index contributed by atoms with van der Waals surface area (Å²) in [6, 6.07) is 9.75. The van der Waals surface area contributed by atoms with Gasteiger partial charge in [-0.1, -0.05) is 36.4 Å². The van der Waals surface area contributed by atoms with E-state index < -0.39 is 0 Å². The van der Waals surface area contributed by atoms with Crippen molar-refractivity contribution in [1.82, 2.24) is 5.32 Å². The summed E-state index contributed by atoms with van der Waals surface area (Å²) < 4.78 is 5.23. The molecule has 0 radical (unpaired) electrons. The maximum absolute atomic E-state index is 11.1. The molecule has 0 heterocycles. The van der Waals surface area contributed by atoms with E-state index in [-0.39, 0.29) is 12.5 Å². The van der Waals surface area contributed by atoms with Crippen LogP contribution in [0.25, 0.3) is 0 Å². The molecule has 1 N–H and O–H groups in total. The summed E-state index contributed by atoms with van der Waals surface area (Å²) in [5.41, 5.74) is 1.06. The molecule has 0 unspecified atom stereocenters. The summed E-state index contributed by atoms with van der Waals surface area (Å²) in [4.78, 5) is 11.1. The van der Waals surface area contributed by atoms with Crippen LogP contribution in [0.5, 0.6) is 0 Å². The largest absolute Gasteiger partial charge is 0.367 e. The number of hydrogen-bond donors (Lipinski definition) is 1. The summed E-state index contributed by atoms with van der Waals surface area (Å²) in [6.45, 7) is 4.53. The van der Waals surface area contributed by atoms with E-state index in [1.807, 2.05) is 30.3 Å². The van der Waals surface area contributed by atoms with Crippen molar-refractivity contribution in [2.24, 2.45) is 0 Å². The smallest absolute Gasteiger partial charge is 0.246 e. The molecular formula is C12H15NO2. The summed E-state index contributed by atoms with van der Waals surface area (Å²) in [5.74, 6) is -0.120. The third kappa shape index (κ3) is 4.98. The predicted octanol–water partition coefficient (Wildman–Crippen LogP) is 1.51. The molecule has 0 spiro atoms. The molecule has 0 aliphatic heterocycles. The predicted molar refractivity (Wildman–Crippen MR) is 59.3 cm³/mol. The Bertz CT molecular complexity index is 309. The molecule has 3 heteroatoms. The number of ether oxygens (including phenoxy) is 1. The van der Waals surface area contributed by atoms with Crippen LogP contribution in [-0.2, 0) is 16.1 Å². The van der Waals surface area contributed by atoms with Crippen LogP contribution in [0.1, 0.15) is 5.56 Å². The highest BCUT2D eigenvalue weighted by atomic mass is 16.5. The molecule has 1 amide bonds. The molecule has 80 valence electrons. The van der Waals surface area contributed by atoms with Crippen molar-refractivity contribution < 1.29 is 9.53 Å². The first-order valence-corrected chi connectivity index (χ1v) is 4.82. The van der Waals surface area contributed by atoms with Crippen molar-refractivity contribution >= 4 is 5.91 Å². The van der Waals surface area contributed by atoms with E-state index in [9.17, 15) is 4.79 Å². The van der Waals surface area contributed by atoms with E-state index in [1.165, 1.54) is 0 Å². The Morgan fingerprint density at radius 2 is 2.13 bits per heavy atom. The average Bonchev–Trinajstić information content (AvgIpc) is 2.28. The minimum absolute atomic E-state index is 0.0860. The molecule has 0 aliphatic rings. The second kappa shape index (κ2) is 6.79. The van der Waals surface area contributed by atoms with Crippen LogP contribution in [0.2, 0.25) is 0 Å². The molecule has 0 fully saturated rings. The molecule has 1 rings (SSSR count). The normalized spacial score (nSPS) is 9.60. The third-order valence-electron chi connectivity index (χ3n) is 1.79. The third-order valence-corrected chi connectivity index (χ3v) is 1.79. The number of carbonyl (C=O) groups is 1. The molecule has 1 aromatic rings. The van der Waals surface area contributed by atoms with Gasteiger partial charge < -0.3 is 10.1 Å². The van der Waals surface area contributed by atoms with E-state index in [0.717, 1.165) is 5.56 Å². The summed E-state index contributed by atoms with van der Waals surface area (Å²) in [6.07, 6.45) is 1.63. The van der Waals surface area contributed by atoms with Crippen molar-refractivity contribution in [2.75, 3.05) is 13.2 Å². The van der Waals surface area contributed by atoms with Crippen molar-refractivity contribution in [3.63, 3.8) is 0 Å². The number of carbonyl (C=O) groups excluding carboxylic acids is 1. The maximum Gasteiger partial charge on any atom is 0.246 e. The zero-order valence-electron chi connectivity index (χ0n) is 8.61. The SMILES string of the molecule is C=CCNC(=O)COCc1ccccc1. The van der Waals surface area contributed by atoms with E-state index in [0.29, 0.717) is 13.2 Å². The van der Waals surface area contributed by atoms with Gasteiger partial charge in [-0.3, -0.25) is 4.79 Å². The van der Waals surface area contributed by atoms with Gasteiger partial charge in [0.25, 0.3) is 0 Å². The monoisotopic (exact) mass is 205 g/mol. The fourth-order valence-corrected chi connectivity index (χ4v) is 1.07. The van der Waals surface area contributed by atoms with E-state index in [1.54, 1.807) is 6.08 Å². The number of benzene rings is 1. The fraction of sp³-hybridized carbons (Fsp3) is 0.250. The quantitative estimate of drug-likeness (QED) is 0.715. The topological polar surface area (TPSA) is 38.3 Å². The van der Waals surface area contributed by atoms with Gasteiger partial charge in [-0.05, 0) is 5.56 Å².